The van der Waals surface area contributed by atoms with Crippen molar-refractivity contribution in [3.63, 3.8) is 0 Å². The normalized spacial score (nSPS) is 10.8. The molecule has 0 radical (unpaired) electrons. The maximum absolute atomic E-state index is 5.96. The summed E-state index contributed by atoms with van der Waals surface area (Å²) < 4.78 is 5.96. The Morgan fingerprint density at radius 2 is 2.05 bits per heavy atom. The summed E-state index contributed by atoms with van der Waals surface area (Å²) in [6.07, 6.45) is 2.66. The first-order valence-corrected chi connectivity index (χ1v) is 7.47. The SMILES string of the molecule is NCCc1c(OCc2cncs2)ccc2ccccc12. The topological polar surface area (TPSA) is 48.1 Å². The lowest BCUT2D eigenvalue weighted by Crippen LogP contribution is -2.06. The second kappa shape index (κ2) is 6.03. The second-order valence-electron chi connectivity index (χ2n) is 4.56. The third-order valence-corrected chi connectivity index (χ3v) is 4.00. The summed E-state index contributed by atoms with van der Waals surface area (Å²) in [7, 11) is 0. The number of hydrogen-bond acceptors (Lipinski definition) is 4. The Kier molecular flexibility index (Phi) is 3.95. The fourth-order valence-corrected chi connectivity index (χ4v) is 2.82. The quantitative estimate of drug-likeness (QED) is 0.781. The highest BCUT2D eigenvalue weighted by atomic mass is 32.1. The van der Waals surface area contributed by atoms with Crippen LogP contribution in [0.5, 0.6) is 5.75 Å². The molecule has 0 spiro atoms. The van der Waals surface area contributed by atoms with Crippen molar-refractivity contribution in [3.8, 4) is 5.75 Å². The minimum absolute atomic E-state index is 0.556. The lowest BCUT2D eigenvalue weighted by atomic mass is 10.0. The molecule has 0 amide bonds. The molecule has 0 aliphatic heterocycles. The van der Waals surface area contributed by atoms with Crippen LogP contribution in [0.25, 0.3) is 10.8 Å². The van der Waals surface area contributed by atoms with E-state index in [1.54, 1.807) is 11.3 Å². The Morgan fingerprint density at radius 1 is 1.15 bits per heavy atom. The number of ether oxygens (including phenoxy) is 1. The van der Waals surface area contributed by atoms with Crippen molar-refractivity contribution in [2.75, 3.05) is 6.54 Å². The number of nitrogens with zero attached hydrogens (tertiary/aromatic N) is 1. The van der Waals surface area contributed by atoms with Gasteiger partial charge in [0.15, 0.2) is 0 Å². The van der Waals surface area contributed by atoms with Crippen molar-refractivity contribution in [1.82, 2.24) is 4.98 Å². The van der Waals surface area contributed by atoms with E-state index >= 15 is 0 Å². The third kappa shape index (κ3) is 2.66. The zero-order valence-corrected chi connectivity index (χ0v) is 11.9. The molecule has 0 saturated carbocycles. The summed E-state index contributed by atoms with van der Waals surface area (Å²) in [6.45, 7) is 1.17. The van der Waals surface area contributed by atoms with Crippen molar-refractivity contribution < 1.29 is 4.74 Å². The molecule has 102 valence electrons. The molecule has 0 saturated heterocycles. The fraction of sp³-hybridized carbons (Fsp3) is 0.188. The smallest absolute Gasteiger partial charge is 0.124 e. The van der Waals surface area contributed by atoms with Gasteiger partial charge >= 0.3 is 0 Å². The summed E-state index contributed by atoms with van der Waals surface area (Å²) in [6, 6.07) is 12.5. The maximum Gasteiger partial charge on any atom is 0.124 e. The first-order valence-electron chi connectivity index (χ1n) is 6.59. The van der Waals surface area contributed by atoms with Crippen LogP contribution in [0.4, 0.5) is 0 Å². The predicted molar refractivity (Wildman–Crippen MR) is 83.2 cm³/mol. The van der Waals surface area contributed by atoms with Gasteiger partial charge in [-0.1, -0.05) is 30.3 Å². The molecule has 4 heteroatoms. The van der Waals surface area contributed by atoms with Crippen LogP contribution in [0.15, 0.2) is 48.1 Å². The molecule has 3 nitrogen and oxygen atoms in total. The Morgan fingerprint density at radius 3 is 2.85 bits per heavy atom. The Balaban J connectivity index is 1.94. The molecule has 0 aliphatic carbocycles. The van der Waals surface area contributed by atoms with Gasteiger partial charge in [-0.3, -0.25) is 4.98 Å². The highest BCUT2D eigenvalue weighted by Gasteiger charge is 2.08. The van der Waals surface area contributed by atoms with E-state index in [4.69, 9.17) is 10.5 Å². The van der Waals surface area contributed by atoms with Crippen LogP contribution in [0.1, 0.15) is 10.4 Å². The lowest BCUT2D eigenvalue weighted by molar-refractivity contribution is 0.307. The zero-order valence-electron chi connectivity index (χ0n) is 11.1. The minimum Gasteiger partial charge on any atom is -0.488 e. The highest BCUT2D eigenvalue weighted by molar-refractivity contribution is 7.09. The number of rotatable bonds is 5. The van der Waals surface area contributed by atoms with E-state index in [1.165, 1.54) is 16.3 Å². The lowest BCUT2D eigenvalue weighted by Gasteiger charge is -2.13. The molecule has 0 atom stereocenters. The molecule has 1 aromatic heterocycles. The minimum atomic E-state index is 0.556. The van der Waals surface area contributed by atoms with E-state index in [-0.39, 0.29) is 0 Å². The highest BCUT2D eigenvalue weighted by Crippen LogP contribution is 2.29. The number of aromatic nitrogens is 1. The number of fused-ring (bicyclic) bond motifs is 1. The number of thiazole rings is 1. The van der Waals surface area contributed by atoms with Gasteiger partial charge in [-0.15, -0.1) is 11.3 Å². The molecular formula is C16H16N2OS. The second-order valence-corrected chi connectivity index (χ2v) is 5.53. The largest absolute Gasteiger partial charge is 0.488 e. The van der Waals surface area contributed by atoms with E-state index < -0.39 is 0 Å². The van der Waals surface area contributed by atoms with Gasteiger partial charge in [0.1, 0.15) is 12.4 Å². The van der Waals surface area contributed by atoms with Crippen LogP contribution in [-0.4, -0.2) is 11.5 Å². The van der Waals surface area contributed by atoms with Gasteiger partial charge in [-0.25, -0.2) is 0 Å². The van der Waals surface area contributed by atoms with Crippen LogP contribution in [0, 0.1) is 0 Å². The van der Waals surface area contributed by atoms with Crippen LogP contribution in [-0.2, 0) is 13.0 Å². The zero-order chi connectivity index (χ0) is 13.8. The summed E-state index contributed by atoms with van der Waals surface area (Å²) in [5, 5.41) is 2.45. The molecule has 0 unspecified atom stereocenters. The van der Waals surface area contributed by atoms with Crippen LogP contribution < -0.4 is 10.5 Å². The van der Waals surface area contributed by atoms with Gasteiger partial charge in [-0.05, 0) is 29.8 Å². The predicted octanol–water partition coefficient (Wildman–Crippen LogP) is 3.38. The van der Waals surface area contributed by atoms with E-state index in [2.05, 4.69) is 29.2 Å². The number of nitrogens with two attached hydrogens (primary N) is 1. The third-order valence-electron chi connectivity index (χ3n) is 3.25. The van der Waals surface area contributed by atoms with Crippen molar-refractivity contribution in [3.05, 3.63) is 58.5 Å². The molecule has 3 rings (SSSR count). The first kappa shape index (κ1) is 13.1. The van der Waals surface area contributed by atoms with Crippen LogP contribution in [0.3, 0.4) is 0 Å². The van der Waals surface area contributed by atoms with E-state index in [9.17, 15) is 0 Å². The molecular weight excluding hydrogens is 268 g/mol. The van der Waals surface area contributed by atoms with E-state index in [0.29, 0.717) is 13.2 Å². The number of hydrogen-bond donors (Lipinski definition) is 1. The van der Waals surface area contributed by atoms with Crippen LogP contribution >= 0.6 is 11.3 Å². The average molecular weight is 284 g/mol. The van der Waals surface area contributed by atoms with Crippen molar-refractivity contribution >= 4 is 22.1 Å². The maximum atomic E-state index is 5.96. The molecule has 0 bridgehead atoms. The Labute approximate surface area is 122 Å². The Bertz CT molecular complexity index is 695. The van der Waals surface area contributed by atoms with Gasteiger partial charge in [0.25, 0.3) is 0 Å². The first-order chi connectivity index (χ1) is 9.88. The van der Waals surface area contributed by atoms with Crippen molar-refractivity contribution in [2.24, 2.45) is 5.73 Å². The fourth-order valence-electron chi connectivity index (χ4n) is 2.32. The monoisotopic (exact) mass is 284 g/mol. The molecule has 2 N–H and O–H groups in total. The molecule has 1 heterocycles. The number of benzene rings is 2. The average Bonchev–Trinajstić information content (AvgIpc) is 3.00. The summed E-state index contributed by atoms with van der Waals surface area (Å²) >= 11 is 1.60. The van der Waals surface area contributed by atoms with E-state index in [0.717, 1.165) is 17.0 Å². The van der Waals surface area contributed by atoms with Gasteiger partial charge in [0.05, 0.1) is 10.4 Å². The molecule has 3 aromatic rings. The van der Waals surface area contributed by atoms with Gasteiger partial charge in [0, 0.05) is 11.8 Å². The van der Waals surface area contributed by atoms with Gasteiger partial charge in [0.2, 0.25) is 0 Å². The van der Waals surface area contributed by atoms with E-state index in [1.807, 2.05) is 23.8 Å². The molecule has 0 aliphatic rings. The van der Waals surface area contributed by atoms with Crippen molar-refractivity contribution in [2.45, 2.75) is 13.0 Å². The van der Waals surface area contributed by atoms with Gasteiger partial charge in [-0.2, -0.15) is 0 Å². The summed E-state index contributed by atoms with van der Waals surface area (Å²) in [5.74, 6) is 0.919. The molecule has 20 heavy (non-hydrogen) atoms. The Hall–Kier alpha value is -1.91. The summed E-state index contributed by atoms with van der Waals surface area (Å²) in [4.78, 5) is 5.18. The van der Waals surface area contributed by atoms with Crippen LogP contribution in [0.2, 0.25) is 0 Å². The standard InChI is InChI=1S/C16H16N2OS/c17-8-7-15-14-4-2-1-3-12(14)5-6-16(15)19-10-13-9-18-11-20-13/h1-6,9,11H,7-8,10,17H2. The van der Waals surface area contributed by atoms with Crippen molar-refractivity contribution in [1.29, 1.82) is 0 Å². The molecule has 0 fully saturated rings. The summed E-state index contributed by atoms with van der Waals surface area (Å²) in [5.41, 5.74) is 8.76. The van der Waals surface area contributed by atoms with Gasteiger partial charge < -0.3 is 10.5 Å². The molecule has 2 aromatic carbocycles.